The van der Waals surface area contributed by atoms with Gasteiger partial charge in [-0.05, 0) is 43.4 Å². The van der Waals surface area contributed by atoms with Crippen LogP contribution in [0.25, 0.3) is 10.2 Å². The first-order valence-electron chi connectivity index (χ1n) is 9.50. The van der Waals surface area contributed by atoms with Gasteiger partial charge in [0.05, 0.1) is 23.3 Å². The van der Waals surface area contributed by atoms with Gasteiger partial charge in [0.15, 0.2) is 0 Å². The zero-order chi connectivity index (χ0) is 17.2. The van der Waals surface area contributed by atoms with Crippen molar-refractivity contribution in [2.45, 2.75) is 38.6 Å². The van der Waals surface area contributed by atoms with E-state index in [1.165, 1.54) is 36.8 Å². The summed E-state index contributed by atoms with van der Waals surface area (Å²) in [5, 5.41) is 1.02. The number of benzene rings is 1. The molecule has 0 N–H and O–H groups in total. The Morgan fingerprint density at radius 1 is 1.24 bits per heavy atom. The smallest absolute Gasteiger partial charge is 0.236 e. The number of amides is 1. The molecule has 2 fully saturated rings. The largest absolute Gasteiger partial charge is 0.338 e. The first kappa shape index (κ1) is 17.0. The first-order valence-corrected chi connectivity index (χ1v) is 10.3. The molecule has 2 aromatic rings. The number of carbonyl (C=O) groups excluding carboxylic acids is 1. The summed E-state index contributed by atoms with van der Waals surface area (Å²) >= 11 is 1.69. The van der Waals surface area contributed by atoms with Crippen LogP contribution in [0.1, 0.15) is 37.1 Å². The minimum atomic E-state index is 0.216. The van der Waals surface area contributed by atoms with Crippen molar-refractivity contribution in [2.24, 2.45) is 11.8 Å². The summed E-state index contributed by atoms with van der Waals surface area (Å²) < 4.78 is 1.19. The minimum Gasteiger partial charge on any atom is -0.338 e. The fourth-order valence-electron chi connectivity index (χ4n) is 4.41. The van der Waals surface area contributed by atoms with Crippen LogP contribution in [0.5, 0.6) is 0 Å². The third-order valence-corrected chi connectivity index (χ3v) is 6.89. The molecular weight excluding hydrogens is 330 g/mol. The predicted octanol–water partition coefficient (Wildman–Crippen LogP) is 3.77. The average molecular weight is 358 g/mol. The standard InChI is InChI=1S/C20H27N3OS/c1-22(13-19-21-17-8-4-5-9-18(17)25-19)20(24)14-23-11-10-15-6-2-3-7-16(15)12-23/h4-5,8-9,15-16H,2-3,6-7,10-14H2,1H3/t15-,16-/m1/s1. The Labute approximate surface area is 153 Å². The summed E-state index contributed by atoms with van der Waals surface area (Å²) in [6.45, 7) is 3.37. The molecule has 0 bridgehead atoms. The molecule has 25 heavy (non-hydrogen) atoms. The number of fused-ring (bicyclic) bond motifs is 2. The van der Waals surface area contributed by atoms with Crippen LogP contribution in [0.15, 0.2) is 24.3 Å². The van der Waals surface area contributed by atoms with Crippen molar-refractivity contribution in [3.8, 4) is 0 Å². The van der Waals surface area contributed by atoms with Gasteiger partial charge < -0.3 is 4.90 Å². The lowest BCUT2D eigenvalue weighted by Gasteiger charge is -2.41. The Hall–Kier alpha value is -1.46. The van der Waals surface area contributed by atoms with Gasteiger partial charge in [0.2, 0.25) is 5.91 Å². The highest BCUT2D eigenvalue weighted by Crippen LogP contribution is 2.35. The first-order chi connectivity index (χ1) is 12.2. The summed E-state index contributed by atoms with van der Waals surface area (Å²) in [4.78, 5) is 21.5. The number of likely N-dealkylation sites (tertiary alicyclic amines) is 1. The molecule has 1 aromatic heterocycles. The molecule has 0 spiro atoms. The molecule has 2 heterocycles. The Morgan fingerprint density at radius 3 is 2.88 bits per heavy atom. The maximum atomic E-state index is 12.7. The second-order valence-electron chi connectivity index (χ2n) is 7.65. The quantitative estimate of drug-likeness (QED) is 0.836. The predicted molar refractivity (Wildman–Crippen MR) is 103 cm³/mol. The van der Waals surface area contributed by atoms with Crippen molar-refractivity contribution < 1.29 is 4.79 Å². The molecule has 1 amide bonds. The van der Waals surface area contributed by atoms with Crippen LogP contribution in [-0.4, -0.2) is 47.4 Å². The Balaban J connectivity index is 1.32. The van der Waals surface area contributed by atoms with Crippen LogP contribution in [0, 0.1) is 11.8 Å². The van der Waals surface area contributed by atoms with Gasteiger partial charge in [-0.3, -0.25) is 9.69 Å². The van der Waals surface area contributed by atoms with Crippen LogP contribution in [0.4, 0.5) is 0 Å². The number of nitrogens with zero attached hydrogens (tertiary/aromatic N) is 3. The molecular formula is C20H27N3OS. The van der Waals surface area contributed by atoms with Gasteiger partial charge in [0.1, 0.15) is 5.01 Å². The van der Waals surface area contributed by atoms with E-state index in [2.05, 4.69) is 16.0 Å². The van der Waals surface area contributed by atoms with Crippen molar-refractivity contribution >= 4 is 27.5 Å². The summed E-state index contributed by atoms with van der Waals surface area (Å²) in [6, 6.07) is 8.17. The van der Waals surface area contributed by atoms with E-state index < -0.39 is 0 Å². The number of carbonyl (C=O) groups is 1. The fraction of sp³-hybridized carbons (Fsp3) is 0.600. The summed E-state index contributed by atoms with van der Waals surface area (Å²) in [5.74, 6) is 1.96. The zero-order valence-corrected chi connectivity index (χ0v) is 15.8. The van der Waals surface area contributed by atoms with Crippen molar-refractivity contribution in [3.05, 3.63) is 29.3 Å². The Kier molecular flexibility index (Phi) is 5.04. The number of rotatable bonds is 4. The minimum absolute atomic E-state index is 0.216. The second kappa shape index (κ2) is 7.42. The van der Waals surface area contributed by atoms with E-state index in [4.69, 9.17) is 0 Å². The van der Waals surface area contributed by atoms with Crippen LogP contribution in [0.2, 0.25) is 0 Å². The number of thiazole rings is 1. The average Bonchev–Trinajstić information content (AvgIpc) is 3.03. The highest BCUT2D eigenvalue weighted by atomic mass is 32.1. The number of piperidine rings is 1. The lowest BCUT2D eigenvalue weighted by atomic mass is 9.75. The summed E-state index contributed by atoms with van der Waals surface area (Å²) in [7, 11) is 1.90. The zero-order valence-electron chi connectivity index (χ0n) is 15.0. The van der Waals surface area contributed by atoms with E-state index in [0.717, 1.165) is 35.4 Å². The van der Waals surface area contributed by atoms with Crippen molar-refractivity contribution in [1.82, 2.24) is 14.8 Å². The van der Waals surface area contributed by atoms with Crippen molar-refractivity contribution in [1.29, 1.82) is 0 Å². The lowest BCUT2D eigenvalue weighted by Crippen LogP contribution is -2.46. The number of hydrogen-bond acceptors (Lipinski definition) is 4. The number of hydrogen-bond donors (Lipinski definition) is 0. The van der Waals surface area contributed by atoms with Crippen molar-refractivity contribution in [2.75, 3.05) is 26.7 Å². The summed E-state index contributed by atoms with van der Waals surface area (Å²) in [6.07, 6.45) is 6.83. The lowest BCUT2D eigenvalue weighted by molar-refractivity contribution is -0.132. The third kappa shape index (κ3) is 3.87. The van der Waals surface area contributed by atoms with E-state index in [1.807, 2.05) is 30.1 Å². The number of likely N-dealkylation sites (N-methyl/N-ethyl adjacent to an activating group) is 1. The number of para-hydroxylation sites is 1. The topological polar surface area (TPSA) is 36.4 Å². The van der Waals surface area contributed by atoms with Gasteiger partial charge in [0, 0.05) is 13.6 Å². The molecule has 1 saturated heterocycles. The molecule has 2 atom stereocenters. The van der Waals surface area contributed by atoms with Gasteiger partial charge in [-0.2, -0.15) is 0 Å². The molecule has 5 heteroatoms. The molecule has 1 aliphatic heterocycles. The highest BCUT2D eigenvalue weighted by Gasteiger charge is 2.31. The van der Waals surface area contributed by atoms with E-state index in [9.17, 15) is 4.79 Å². The molecule has 134 valence electrons. The van der Waals surface area contributed by atoms with Gasteiger partial charge in [-0.15, -0.1) is 11.3 Å². The Bertz CT molecular complexity index is 710. The van der Waals surface area contributed by atoms with E-state index >= 15 is 0 Å². The van der Waals surface area contributed by atoms with Crippen LogP contribution < -0.4 is 0 Å². The molecule has 4 nitrogen and oxygen atoms in total. The monoisotopic (exact) mass is 357 g/mol. The van der Waals surface area contributed by atoms with Crippen molar-refractivity contribution in [3.63, 3.8) is 0 Å². The third-order valence-electron chi connectivity index (χ3n) is 5.87. The maximum Gasteiger partial charge on any atom is 0.236 e. The van der Waals surface area contributed by atoms with Crippen LogP contribution in [-0.2, 0) is 11.3 Å². The Morgan fingerprint density at radius 2 is 2.04 bits per heavy atom. The number of aromatic nitrogens is 1. The van der Waals surface area contributed by atoms with E-state index in [1.54, 1.807) is 11.3 Å². The van der Waals surface area contributed by atoms with Gasteiger partial charge in [-0.25, -0.2) is 4.98 Å². The SMILES string of the molecule is CN(Cc1nc2ccccc2s1)C(=O)CN1CC[C@H]2CCCC[C@@H]2C1. The molecule has 2 aliphatic rings. The molecule has 4 rings (SSSR count). The highest BCUT2D eigenvalue weighted by molar-refractivity contribution is 7.18. The molecule has 0 radical (unpaired) electrons. The molecule has 1 saturated carbocycles. The normalized spacial score (nSPS) is 24.2. The fourth-order valence-corrected chi connectivity index (χ4v) is 5.43. The van der Waals surface area contributed by atoms with E-state index in [0.29, 0.717) is 13.1 Å². The van der Waals surface area contributed by atoms with Crippen LogP contribution in [0.3, 0.4) is 0 Å². The molecule has 0 unspecified atom stereocenters. The van der Waals surface area contributed by atoms with Gasteiger partial charge in [0.25, 0.3) is 0 Å². The maximum absolute atomic E-state index is 12.7. The van der Waals surface area contributed by atoms with Crippen LogP contribution >= 0.6 is 11.3 Å². The summed E-state index contributed by atoms with van der Waals surface area (Å²) in [5.41, 5.74) is 1.03. The second-order valence-corrected chi connectivity index (χ2v) is 8.77. The van der Waals surface area contributed by atoms with Gasteiger partial charge >= 0.3 is 0 Å². The molecule has 1 aromatic carbocycles. The van der Waals surface area contributed by atoms with E-state index in [-0.39, 0.29) is 5.91 Å². The molecule has 1 aliphatic carbocycles. The van der Waals surface area contributed by atoms with Gasteiger partial charge in [-0.1, -0.05) is 31.4 Å².